The van der Waals surface area contributed by atoms with Crippen molar-refractivity contribution in [3.05, 3.63) is 59.5 Å². The normalized spacial score (nSPS) is 18.3. The van der Waals surface area contributed by atoms with Gasteiger partial charge in [-0.2, -0.15) is 5.10 Å². The first kappa shape index (κ1) is 13.3. The zero-order valence-electron chi connectivity index (χ0n) is 12.5. The minimum absolute atomic E-state index is 0.465. The summed E-state index contributed by atoms with van der Waals surface area (Å²) in [5.74, 6) is 1.29. The highest BCUT2D eigenvalue weighted by molar-refractivity contribution is 5.56. The number of H-pyrrole nitrogens is 1. The van der Waals surface area contributed by atoms with Gasteiger partial charge in [0.2, 0.25) is 0 Å². The second kappa shape index (κ2) is 5.42. The van der Waals surface area contributed by atoms with Crippen molar-refractivity contribution >= 4 is 0 Å². The van der Waals surface area contributed by atoms with E-state index in [4.69, 9.17) is 4.52 Å². The summed E-state index contributed by atoms with van der Waals surface area (Å²) in [6, 6.07) is 12.1. The van der Waals surface area contributed by atoms with Crippen LogP contribution in [0.15, 0.2) is 47.1 Å². The Morgan fingerprint density at radius 3 is 3.05 bits per heavy atom. The number of aromatic nitrogens is 3. The molecule has 5 heteroatoms. The molecule has 3 heterocycles. The Labute approximate surface area is 128 Å². The van der Waals surface area contributed by atoms with Crippen molar-refractivity contribution in [2.75, 3.05) is 6.54 Å². The molecule has 22 heavy (non-hydrogen) atoms. The van der Waals surface area contributed by atoms with Gasteiger partial charge in [0, 0.05) is 48.4 Å². The van der Waals surface area contributed by atoms with Crippen LogP contribution in [0, 0.1) is 0 Å². The summed E-state index contributed by atoms with van der Waals surface area (Å²) < 4.78 is 5.48. The average molecular weight is 294 g/mol. The van der Waals surface area contributed by atoms with E-state index in [1.165, 1.54) is 11.3 Å². The van der Waals surface area contributed by atoms with E-state index >= 15 is 0 Å². The van der Waals surface area contributed by atoms with E-state index in [-0.39, 0.29) is 0 Å². The van der Waals surface area contributed by atoms with E-state index < -0.39 is 0 Å². The molecule has 0 bridgehead atoms. The Hall–Kier alpha value is -2.40. The van der Waals surface area contributed by atoms with Crippen molar-refractivity contribution in [2.24, 2.45) is 0 Å². The number of nitrogens with one attached hydrogen (secondary N) is 1. The third-order valence-corrected chi connectivity index (χ3v) is 4.17. The van der Waals surface area contributed by atoms with Gasteiger partial charge in [-0.3, -0.25) is 10.00 Å². The lowest BCUT2D eigenvalue weighted by atomic mass is 9.98. The second-order valence-corrected chi connectivity index (χ2v) is 5.93. The molecular weight excluding hydrogens is 276 g/mol. The molecule has 1 aliphatic heterocycles. The monoisotopic (exact) mass is 294 g/mol. The minimum atomic E-state index is 0.465. The lowest BCUT2D eigenvalue weighted by Gasteiger charge is -2.29. The van der Waals surface area contributed by atoms with Gasteiger partial charge in [-0.15, -0.1) is 0 Å². The van der Waals surface area contributed by atoms with Crippen LogP contribution < -0.4 is 0 Å². The first-order valence-electron chi connectivity index (χ1n) is 7.55. The molecule has 112 valence electrons. The van der Waals surface area contributed by atoms with Crippen LogP contribution in [-0.2, 0) is 13.1 Å². The van der Waals surface area contributed by atoms with Crippen LogP contribution in [0.2, 0.25) is 0 Å². The molecular formula is C17H18N4O. The highest BCUT2D eigenvalue weighted by Crippen LogP contribution is 2.27. The molecule has 0 fully saturated rings. The van der Waals surface area contributed by atoms with Crippen molar-refractivity contribution in [2.45, 2.75) is 25.9 Å². The molecule has 0 saturated carbocycles. The number of fused-ring (bicyclic) bond motifs is 1. The molecule has 1 atom stereocenters. The number of aromatic amines is 1. The van der Waals surface area contributed by atoms with Crippen LogP contribution in [-0.4, -0.2) is 26.8 Å². The second-order valence-electron chi connectivity index (χ2n) is 5.93. The van der Waals surface area contributed by atoms with Crippen molar-refractivity contribution in [3.63, 3.8) is 0 Å². The van der Waals surface area contributed by atoms with Gasteiger partial charge in [0.05, 0.1) is 11.9 Å². The predicted octanol–water partition coefficient (Wildman–Crippen LogP) is 3.18. The maximum atomic E-state index is 5.48. The van der Waals surface area contributed by atoms with E-state index in [9.17, 15) is 0 Å². The van der Waals surface area contributed by atoms with E-state index in [0.717, 1.165) is 36.7 Å². The third-order valence-electron chi connectivity index (χ3n) is 4.17. The molecule has 3 aromatic rings. The lowest BCUT2D eigenvalue weighted by molar-refractivity contribution is 0.219. The minimum Gasteiger partial charge on any atom is -0.356 e. The molecule has 4 rings (SSSR count). The number of nitrogens with zero attached hydrogens (tertiary/aromatic N) is 3. The zero-order valence-corrected chi connectivity index (χ0v) is 12.5. The van der Waals surface area contributed by atoms with Crippen molar-refractivity contribution in [3.8, 4) is 11.3 Å². The van der Waals surface area contributed by atoms with Crippen LogP contribution in [0.1, 0.15) is 29.8 Å². The van der Waals surface area contributed by atoms with Crippen LogP contribution in [0.3, 0.4) is 0 Å². The Morgan fingerprint density at radius 2 is 2.18 bits per heavy atom. The summed E-state index contributed by atoms with van der Waals surface area (Å²) in [6.07, 6.45) is 1.93. The topological polar surface area (TPSA) is 58.0 Å². The standard InChI is InChI=1S/C17H18N4O/c1-12-9-21(10-14-8-18-19-17(12)14)11-15-7-16(22-20-15)13-5-3-2-4-6-13/h2-8,12H,9-11H2,1H3,(H,18,19). The van der Waals surface area contributed by atoms with Crippen molar-refractivity contribution in [1.82, 2.24) is 20.3 Å². The molecule has 1 aliphatic rings. The molecule has 0 aliphatic carbocycles. The summed E-state index contributed by atoms with van der Waals surface area (Å²) >= 11 is 0. The highest BCUT2D eigenvalue weighted by atomic mass is 16.5. The first-order valence-corrected chi connectivity index (χ1v) is 7.55. The Morgan fingerprint density at radius 1 is 1.32 bits per heavy atom. The molecule has 2 aromatic heterocycles. The van der Waals surface area contributed by atoms with Crippen LogP contribution >= 0.6 is 0 Å². The fourth-order valence-electron chi connectivity index (χ4n) is 3.13. The van der Waals surface area contributed by atoms with E-state index in [2.05, 4.69) is 27.2 Å². The smallest absolute Gasteiger partial charge is 0.167 e. The molecule has 0 radical (unpaired) electrons. The summed E-state index contributed by atoms with van der Waals surface area (Å²) in [6.45, 7) is 4.93. The summed E-state index contributed by atoms with van der Waals surface area (Å²) in [7, 11) is 0. The molecule has 0 amide bonds. The van der Waals surface area contributed by atoms with Gasteiger partial charge >= 0.3 is 0 Å². The Kier molecular flexibility index (Phi) is 3.27. The lowest BCUT2D eigenvalue weighted by Crippen LogP contribution is -2.32. The van der Waals surface area contributed by atoms with Gasteiger partial charge in [-0.25, -0.2) is 0 Å². The Bertz CT molecular complexity index is 762. The maximum absolute atomic E-state index is 5.48. The number of hydrogen-bond donors (Lipinski definition) is 1. The zero-order chi connectivity index (χ0) is 14.9. The SMILES string of the molecule is CC1CN(Cc2cc(-c3ccccc3)on2)Cc2cn[nH]c21. The summed E-state index contributed by atoms with van der Waals surface area (Å²) in [5, 5.41) is 11.5. The maximum Gasteiger partial charge on any atom is 0.167 e. The molecule has 0 spiro atoms. The van der Waals surface area contributed by atoms with E-state index in [1.54, 1.807) is 0 Å². The van der Waals surface area contributed by atoms with Gasteiger partial charge in [-0.1, -0.05) is 42.4 Å². The van der Waals surface area contributed by atoms with Gasteiger partial charge in [0.1, 0.15) is 0 Å². The summed E-state index contributed by atoms with van der Waals surface area (Å²) in [4.78, 5) is 2.38. The fourth-order valence-corrected chi connectivity index (χ4v) is 3.13. The Balaban J connectivity index is 1.50. The fraction of sp³-hybridized carbons (Fsp3) is 0.294. The number of hydrogen-bond acceptors (Lipinski definition) is 4. The van der Waals surface area contributed by atoms with Gasteiger partial charge in [-0.05, 0) is 0 Å². The van der Waals surface area contributed by atoms with Gasteiger partial charge in [0.25, 0.3) is 0 Å². The first-order chi connectivity index (χ1) is 10.8. The number of benzene rings is 1. The van der Waals surface area contributed by atoms with Gasteiger partial charge < -0.3 is 4.52 Å². The highest BCUT2D eigenvalue weighted by Gasteiger charge is 2.24. The van der Waals surface area contributed by atoms with Crippen LogP contribution in [0.25, 0.3) is 11.3 Å². The van der Waals surface area contributed by atoms with Crippen LogP contribution in [0.4, 0.5) is 0 Å². The largest absolute Gasteiger partial charge is 0.356 e. The number of rotatable bonds is 3. The molecule has 1 unspecified atom stereocenters. The predicted molar refractivity (Wildman–Crippen MR) is 83.1 cm³/mol. The molecule has 5 nitrogen and oxygen atoms in total. The van der Waals surface area contributed by atoms with E-state index in [1.807, 2.05) is 42.6 Å². The van der Waals surface area contributed by atoms with Crippen molar-refractivity contribution < 1.29 is 4.52 Å². The van der Waals surface area contributed by atoms with Crippen LogP contribution in [0.5, 0.6) is 0 Å². The molecule has 1 N–H and O–H groups in total. The summed E-state index contributed by atoms with van der Waals surface area (Å²) in [5.41, 5.74) is 4.58. The van der Waals surface area contributed by atoms with Gasteiger partial charge in [0.15, 0.2) is 5.76 Å². The molecule has 0 saturated heterocycles. The van der Waals surface area contributed by atoms with Crippen molar-refractivity contribution in [1.29, 1.82) is 0 Å². The van der Waals surface area contributed by atoms with E-state index in [0.29, 0.717) is 5.92 Å². The molecule has 1 aromatic carbocycles. The quantitative estimate of drug-likeness (QED) is 0.806. The third kappa shape index (κ3) is 2.44. The average Bonchev–Trinajstić information content (AvgIpc) is 3.17.